The van der Waals surface area contributed by atoms with Crippen LogP contribution in [0.25, 0.3) is 0 Å². The van der Waals surface area contributed by atoms with Crippen molar-refractivity contribution in [1.82, 2.24) is 0 Å². The molecule has 0 aliphatic heterocycles. The molecule has 0 amide bonds. The number of ether oxygens (including phenoxy) is 1. The molecule has 0 unspecified atom stereocenters. The number of hydrogen-bond acceptors (Lipinski definition) is 2. The van der Waals surface area contributed by atoms with Gasteiger partial charge < -0.3 is 4.74 Å². The third-order valence-corrected chi connectivity index (χ3v) is 11.2. The second kappa shape index (κ2) is 10.5. The molecule has 3 saturated carbocycles. The molecule has 0 N–H and O–H groups in total. The summed E-state index contributed by atoms with van der Waals surface area (Å²) < 4.78 is 5.84. The first-order valence-electron chi connectivity index (χ1n) is 14.6. The maximum absolute atomic E-state index is 12.2. The average molecular weight is 491 g/mol. The molecule has 3 fully saturated rings. The predicted molar refractivity (Wildman–Crippen MR) is 143 cm³/mol. The van der Waals surface area contributed by atoms with Gasteiger partial charge in [-0.15, -0.1) is 11.6 Å². The predicted octanol–water partition coefficient (Wildman–Crippen LogP) is 8.96. The van der Waals surface area contributed by atoms with Crippen molar-refractivity contribution in [2.24, 2.45) is 46.3 Å². The van der Waals surface area contributed by atoms with Crippen molar-refractivity contribution in [3.63, 3.8) is 0 Å². The van der Waals surface area contributed by atoms with E-state index >= 15 is 0 Å². The van der Waals surface area contributed by atoms with Crippen LogP contribution in [0.5, 0.6) is 0 Å². The summed E-state index contributed by atoms with van der Waals surface area (Å²) in [4.78, 5) is 12.2. The highest BCUT2D eigenvalue weighted by Crippen LogP contribution is 2.67. The Kier molecular flexibility index (Phi) is 8.18. The lowest BCUT2D eigenvalue weighted by atomic mass is 9.47. The molecule has 4 aliphatic carbocycles. The van der Waals surface area contributed by atoms with Crippen LogP contribution in [0, 0.1) is 46.3 Å². The van der Waals surface area contributed by atoms with E-state index in [9.17, 15) is 4.79 Å². The summed E-state index contributed by atoms with van der Waals surface area (Å²) in [6, 6.07) is 0. The van der Waals surface area contributed by atoms with Crippen LogP contribution in [0.15, 0.2) is 11.6 Å². The lowest BCUT2D eigenvalue weighted by Crippen LogP contribution is -2.51. The lowest BCUT2D eigenvalue weighted by Gasteiger charge is -2.58. The van der Waals surface area contributed by atoms with Crippen LogP contribution in [-0.2, 0) is 9.53 Å². The standard InChI is InChI=1S/C31H51ClO2/c1-20(2)8-7-9-21(3)26-12-13-27-25-11-10-23-19-24(34-29(33)18-22(4)32)14-16-30(23,5)28(25)15-17-31(26,27)6/h10,20-22,24-28H,7-9,11-19H2,1-6H3/t21-,22-,24+,25+,26-,27+,28+,30+,31-/m1/s1. The molecule has 3 heteroatoms. The van der Waals surface area contributed by atoms with Crippen LogP contribution in [0.3, 0.4) is 0 Å². The van der Waals surface area contributed by atoms with Gasteiger partial charge in [-0.2, -0.15) is 0 Å². The van der Waals surface area contributed by atoms with E-state index in [0.717, 1.165) is 48.3 Å². The van der Waals surface area contributed by atoms with E-state index < -0.39 is 0 Å². The van der Waals surface area contributed by atoms with Crippen molar-refractivity contribution in [3.05, 3.63) is 11.6 Å². The molecule has 0 aromatic carbocycles. The molecule has 0 spiro atoms. The quantitative estimate of drug-likeness (QED) is 0.193. The van der Waals surface area contributed by atoms with Gasteiger partial charge in [-0.1, -0.05) is 65.5 Å². The average Bonchev–Trinajstić information content (AvgIpc) is 3.10. The first-order chi connectivity index (χ1) is 16.0. The van der Waals surface area contributed by atoms with Crippen LogP contribution in [0.4, 0.5) is 0 Å². The largest absolute Gasteiger partial charge is 0.462 e. The van der Waals surface area contributed by atoms with Gasteiger partial charge in [0.1, 0.15) is 6.10 Å². The minimum Gasteiger partial charge on any atom is -0.462 e. The summed E-state index contributed by atoms with van der Waals surface area (Å²) in [5.74, 6) is 5.08. The minimum absolute atomic E-state index is 0.0511. The Morgan fingerprint density at radius 3 is 2.53 bits per heavy atom. The van der Waals surface area contributed by atoms with E-state index in [-0.39, 0.29) is 17.5 Å². The summed E-state index contributed by atoms with van der Waals surface area (Å²) >= 11 is 6.01. The highest BCUT2D eigenvalue weighted by molar-refractivity contribution is 6.21. The minimum atomic E-state index is -0.152. The summed E-state index contributed by atoms with van der Waals surface area (Å²) in [5.41, 5.74) is 2.45. The monoisotopic (exact) mass is 490 g/mol. The van der Waals surface area contributed by atoms with E-state index in [1.165, 1.54) is 57.8 Å². The van der Waals surface area contributed by atoms with Gasteiger partial charge in [-0.3, -0.25) is 4.79 Å². The second-order valence-electron chi connectivity index (χ2n) is 13.6. The number of carbonyl (C=O) groups is 1. The zero-order chi connectivity index (χ0) is 24.7. The van der Waals surface area contributed by atoms with Crippen LogP contribution >= 0.6 is 11.6 Å². The molecule has 0 aromatic heterocycles. The summed E-state index contributed by atoms with van der Waals surface area (Å²) in [6.07, 6.45) is 17.3. The zero-order valence-electron chi connectivity index (χ0n) is 22.9. The van der Waals surface area contributed by atoms with Gasteiger partial charge >= 0.3 is 5.97 Å². The van der Waals surface area contributed by atoms with Crippen molar-refractivity contribution in [2.45, 2.75) is 130 Å². The fourth-order valence-electron chi connectivity index (χ4n) is 9.22. The number of fused-ring (bicyclic) bond motifs is 5. The van der Waals surface area contributed by atoms with Gasteiger partial charge in [0.25, 0.3) is 0 Å². The third kappa shape index (κ3) is 5.14. The highest BCUT2D eigenvalue weighted by atomic mass is 35.5. The van der Waals surface area contributed by atoms with E-state index in [0.29, 0.717) is 17.3 Å². The van der Waals surface area contributed by atoms with Gasteiger partial charge in [0, 0.05) is 11.8 Å². The highest BCUT2D eigenvalue weighted by Gasteiger charge is 2.59. The van der Waals surface area contributed by atoms with E-state index in [4.69, 9.17) is 16.3 Å². The molecule has 0 aromatic rings. The maximum atomic E-state index is 12.2. The van der Waals surface area contributed by atoms with Crippen LogP contribution < -0.4 is 0 Å². The van der Waals surface area contributed by atoms with Gasteiger partial charge in [0.2, 0.25) is 0 Å². The smallest absolute Gasteiger partial charge is 0.307 e. The maximum Gasteiger partial charge on any atom is 0.307 e. The van der Waals surface area contributed by atoms with Gasteiger partial charge in [-0.05, 0) is 98.2 Å². The second-order valence-corrected chi connectivity index (χ2v) is 14.4. The Morgan fingerprint density at radius 2 is 1.82 bits per heavy atom. The Morgan fingerprint density at radius 1 is 1.06 bits per heavy atom. The Bertz CT molecular complexity index is 757. The molecule has 0 saturated heterocycles. The molecular weight excluding hydrogens is 440 g/mol. The molecule has 2 nitrogen and oxygen atoms in total. The summed E-state index contributed by atoms with van der Waals surface area (Å²) in [5, 5.41) is -0.152. The van der Waals surface area contributed by atoms with Crippen molar-refractivity contribution in [1.29, 1.82) is 0 Å². The Balaban J connectivity index is 1.42. The lowest BCUT2D eigenvalue weighted by molar-refractivity contribution is -0.151. The molecule has 0 heterocycles. The van der Waals surface area contributed by atoms with E-state index in [2.05, 4.69) is 40.7 Å². The van der Waals surface area contributed by atoms with Gasteiger partial charge in [0.15, 0.2) is 0 Å². The number of rotatable bonds is 8. The number of alkyl halides is 1. The number of halogens is 1. The fourth-order valence-corrected chi connectivity index (χ4v) is 9.34. The topological polar surface area (TPSA) is 26.3 Å². The van der Waals surface area contributed by atoms with Crippen LogP contribution in [-0.4, -0.2) is 17.5 Å². The molecular formula is C31H51ClO2. The number of allylic oxidation sites excluding steroid dienone is 1. The number of hydrogen-bond donors (Lipinski definition) is 0. The zero-order valence-corrected chi connectivity index (χ0v) is 23.6. The molecule has 0 radical (unpaired) electrons. The molecule has 4 aliphatic rings. The third-order valence-electron chi connectivity index (χ3n) is 11.0. The summed E-state index contributed by atoms with van der Waals surface area (Å²) in [6.45, 7) is 14.4. The van der Waals surface area contributed by atoms with Crippen molar-refractivity contribution in [2.75, 3.05) is 0 Å². The molecule has 194 valence electrons. The van der Waals surface area contributed by atoms with Gasteiger partial charge in [-0.25, -0.2) is 0 Å². The molecule has 0 bridgehead atoms. The van der Waals surface area contributed by atoms with E-state index in [1.54, 1.807) is 5.57 Å². The van der Waals surface area contributed by atoms with Crippen LogP contribution in [0.2, 0.25) is 0 Å². The van der Waals surface area contributed by atoms with E-state index in [1.807, 2.05) is 6.92 Å². The first kappa shape index (κ1) is 26.6. The molecule has 34 heavy (non-hydrogen) atoms. The summed E-state index contributed by atoms with van der Waals surface area (Å²) in [7, 11) is 0. The SMILES string of the molecule is CC(C)CCC[C@@H](C)[C@H]1CC[C@H]2[C@@H]3CC=C4C[C@@H](OC(=O)C[C@@H](C)Cl)CC[C@]4(C)[C@H]3CC[C@]12C. The Labute approximate surface area is 215 Å². The first-order valence-corrected chi connectivity index (χ1v) is 15.0. The molecule has 4 rings (SSSR count). The molecule has 9 atom stereocenters. The van der Waals surface area contributed by atoms with Crippen molar-refractivity contribution < 1.29 is 9.53 Å². The fraction of sp³-hybridized carbons (Fsp3) is 0.903. The normalized spacial score (nSPS) is 41.2. The van der Waals surface area contributed by atoms with Crippen molar-refractivity contribution in [3.8, 4) is 0 Å². The van der Waals surface area contributed by atoms with Gasteiger partial charge in [0.05, 0.1) is 6.42 Å². The number of carbonyl (C=O) groups excluding carboxylic acids is 1. The van der Waals surface area contributed by atoms with Crippen molar-refractivity contribution >= 4 is 17.6 Å². The Hall–Kier alpha value is -0.500. The number of esters is 1. The van der Waals surface area contributed by atoms with Crippen LogP contribution in [0.1, 0.15) is 119 Å².